The highest BCUT2D eigenvalue weighted by Crippen LogP contribution is 2.27. The summed E-state index contributed by atoms with van der Waals surface area (Å²) in [7, 11) is 0. The number of halogens is 3. The van der Waals surface area contributed by atoms with Crippen molar-refractivity contribution < 1.29 is 27.9 Å². The standard InChI is InChI=1S/C23H22N6O.C2HF3O2/c1-16-5-2-8-20(25-16)23(30)28-12-4-7-19(14-28)22-26-21-10-9-18(15-29(21)27-22)17-6-3-11-24-13-17;3-2(4,5)1(6)7/h2-3,5-6,8-11,13,15,19H,4,7,12,14H2,1H3;(H,6,7). The number of hydrogen-bond donors (Lipinski definition) is 1. The van der Waals surface area contributed by atoms with Gasteiger partial charge in [-0.25, -0.2) is 19.3 Å². The summed E-state index contributed by atoms with van der Waals surface area (Å²) in [6.45, 7) is 3.25. The maximum Gasteiger partial charge on any atom is 0.490 e. The average molecular weight is 512 g/mol. The number of likely N-dealkylation sites (tertiary alicyclic amines) is 1. The number of amides is 1. The molecule has 192 valence electrons. The minimum absolute atomic E-state index is 0.0222. The van der Waals surface area contributed by atoms with Crippen LogP contribution in [0, 0.1) is 6.92 Å². The van der Waals surface area contributed by atoms with Gasteiger partial charge in [-0.05, 0) is 50.1 Å². The maximum absolute atomic E-state index is 12.9. The van der Waals surface area contributed by atoms with E-state index < -0.39 is 12.1 Å². The Morgan fingerprint density at radius 3 is 2.51 bits per heavy atom. The van der Waals surface area contributed by atoms with E-state index in [-0.39, 0.29) is 11.8 Å². The lowest BCUT2D eigenvalue weighted by atomic mass is 9.97. The molecular weight excluding hydrogens is 489 g/mol. The molecule has 1 amide bonds. The fourth-order valence-electron chi connectivity index (χ4n) is 3.97. The average Bonchev–Trinajstić information content (AvgIpc) is 3.32. The Kier molecular flexibility index (Phi) is 7.46. The van der Waals surface area contributed by atoms with Gasteiger partial charge in [-0.3, -0.25) is 9.78 Å². The largest absolute Gasteiger partial charge is 0.490 e. The van der Waals surface area contributed by atoms with Crippen LogP contribution in [-0.4, -0.2) is 65.7 Å². The number of alkyl halides is 3. The van der Waals surface area contributed by atoms with Crippen molar-refractivity contribution in [1.29, 1.82) is 0 Å². The molecule has 0 saturated carbocycles. The van der Waals surface area contributed by atoms with Crippen molar-refractivity contribution in [3.8, 4) is 11.1 Å². The van der Waals surface area contributed by atoms with Gasteiger partial charge >= 0.3 is 12.1 Å². The lowest BCUT2D eigenvalue weighted by Gasteiger charge is -2.31. The number of nitrogens with zero attached hydrogens (tertiary/aromatic N) is 6. The van der Waals surface area contributed by atoms with Crippen LogP contribution in [0.4, 0.5) is 13.2 Å². The van der Waals surface area contributed by atoms with Crippen molar-refractivity contribution in [1.82, 2.24) is 29.5 Å². The fraction of sp³-hybridized carbons (Fsp3) is 0.280. The molecule has 5 rings (SSSR count). The van der Waals surface area contributed by atoms with Gasteiger partial charge in [-0.2, -0.15) is 18.3 Å². The third-order valence-corrected chi connectivity index (χ3v) is 5.77. The summed E-state index contributed by atoms with van der Waals surface area (Å²) in [5, 5.41) is 11.9. The molecule has 0 spiro atoms. The number of carbonyl (C=O) groups excluding carboxylic acids is 1. The van der Waals surface area contributed by atoms with Crippen LogP contribution >= 0.6 is 0 Å². The van der Waals surface area contributed by atoms with E-state index in [0.29, 0.717) is 12.2 Å². The van der Waals surface area contributed by atoms with Crippen LogP contribution < -0.4 is 0 Å². The summed E-state index contributed by atoms with van der Waals surface area (Å²) in [6, 6.07) is 13.5. The number of aliphatic carboxylic acids is 1. The summed E-state index contributed by atoms with van der Waals surface area (Å²) in [5.74, 6) is -1.87. The van der Waals surface area contributed by atoms with Crippen molar-refractivity contribution in [3.05, 3.63) is 78.3 Å². The molecule has 0 aliphatic carbocycles. The predicted molar refractivity (Wildman–Crippen MR) is 127 cm³/mol. The zero-order chi connectivity index (χ0) is 26.6. The minimum Gasteiger partial charge on any atom is -0.475 e. The highest BCUT2D eigenvalue weighted by molar-refractivity contribution is 5.92. The Morgan fingerprint density at radius 2 is 1.84 bits per heavy atom. The highest BCUT2D eigenvalue weighted by atomic mass is 19.4. The number of carbonyl (C=O) groups is 2. The molecule has 1 fully saturated rings. The van der Waals surface area contributed by atoms with Crippen LogP contribution in [0.15, 0.2) is 61.1 Å². The summed E-state index contributed by atoms with van der Waals surface area (Å²) in [5.41, 5.74) is 4.23. The molecule has 1 aliphatic rings. The molecule has 0 aromatic carbocycles. The van der Waals surface area contributed by atoms with Crippen LogP contribution in [0.3, 0.4) is 0 Å². The molecule has 1 N–H and O–H groups in total. The number of aryl methyl sites for hydroxylation is 1. The molecule has 9 nitrogen and oxygen atoms in total. The third-order valence-electron chi connectivity index (χ3n) is 5.77. The Balaban J connectivity index is 0.000000405. The quantitative estimate of drug-likeness (QED) is 0.439. The first-order valence-corrected chi connectivity index (χ1v) is 11.4. The Hall–Kier alpha value is -4.35. The van der Waals surface area contributed by atoms with E-state index in [0.717, 1.165) is 47.7 Å². The second-order valence-corrected chi connectivity index (χ2v) is 8.49. The van der Waals surface area contributed by atoms with Gasteiger partial charge in [0.15, 0.2) is 11.5 Å². The van der Waals surface area contributed by atoms with Crippen LogP contribution in [0.1, 0.15) is 40.8 Å². The van der Waals surface area contributed by atoms with Crippen LogP contribution in [0.2, 0.25) is 0 Å². The topological polar surface area (TPSA) is 114 Å². The number of carboxylic acids is 1. The van der Waals surface area contributed by atoms with Gasteiger partial charge in [0.2, 0.25) is 0 Å². The summed E-state index contributed by atoms with van der Waals surface area (Å²) in [6.07, 6.45) is 2.39. The van der Waals surface area contributed by atoms with Gasteiger partial charge in [-0.1, -0.05) is 12.1 Å². The van der Waals surface area contributed by atoms with Crippen LogP contribution in [0.25, 0.3) is 16.8 Å². The molecule has 4 aromatic heterocycles. The van der Waals surface area contributed by atoms with E-state index in [9.17, 15) is 18.0 Å². The molecule has 1 unspecified atom stereocenters. The number of rotatable bonds is 3. The van der Waals surface area contributed by atoms with Gasteiger partial charge in [0.05, 0.1) is 0 Å². The van der Waals surface area contributed by atoms with Gasteiger partial charge in [-0.15, -0.1) is 0 Å². The molecule has 1 atom stereocenters. The molecular formula is C25H23F3N6O3. The molecule has 12 heteroatoms. The SMILES string of the molecule is Cc1cccc(C(=O)N2CCCC(c3nc4ccc(-c5cccnc5)cn4n3)C2)n1.O=C(O)C(F)(F)F. The van der Waals surface area contributed by atoms with Gasteiger partial charge in [0.1, 0.15) is 5.69 Å². The van der Waals surface area contributed by atoms with Gasteiger partial charge in [0.25, 0.3) is 5.91 Å². The van der Waals surface area contributed by atoms with Crippen molar-refractivity contribution in [3.63, 3.8) is 0 Å². The Morgan fingerprint density at radius 1 is 1.05 bits per heavy atom. The number of carboxylic acid groups (broad SMARTS) is 1. The van der Waals surface area contributed by atoms with Gasteiger partial charge in [0, 0.05) is 54.4 Å². The molecule has 0 bridgehead atoms. The second-order valence-electron chi connectivity index (χ2n) is 8.49. The van der Waals surface area contributed by atoms with E-state index in [1.807, 2.05) is 65.1 Å². The highest BCUT2D eigenvalue weighted by Gasteiger charge is 2.38. The molecule has 37 heavy (non-hydrogen) atoms. The number of hydrogen-bond acceptors (Lipinski definition) is 6. The summed E-state index contributed by atoms with van der Waals surface area (Å²) < 4.78 is 33.6. The maximum atomic E-state index is 12.9. The van der Waals surface area contributed by atoms with E-state index >= 15 is 0 Å². The van der Waals surface area contributed by atoms with E-state index in [2.05, 4.69) is 9.97 Å². The van der Waals surface area contributed by atoms with Crippen molar-refractivity contribution in [2.24, 2.45) is 0 Å². The lowest BCUT2D eigenvalue weighted by Crippen LogP contribution is -2.39. The number of piperidine rings is 1. The van der Waals surface area contributed by atoms with E-state index in [1.165, 1.54) is 0 Å². The molecule has 5 heterocycles. The minimum atomic E-state index is -5.08. The number of fused-ring (bicyclic) bond motifs is 1. The van der Waals surface area contributed by atoms with Crippen molar-refractivity contribution >= 4 is 17.5 Å². The number of pyridine rings is 3. The summed E-state index contributed by atoms with van der Waals surface area (Å²) >= 11 is 0. The second kappa shape index (κ2) is 10.7. The van der Waals surface area contributed by atoms with E-state index in [1.54, 1.807) is 12.3 Å². The zero-order valence-electron chi connectivity index (χ0n) is 19.8. The predicted octanol–water partition coefficient (Wildman–Crippen LogP) is 4.15. The zero-order valence-corrected chi connectivity index (χ0v) is 19.8. The molecule has 1 aliphatic heterocycles. The third kappa shape index (κ3) is 6.26. The first kappa shape index (κ1) is 25.7. The number of aromatic nitrogens is 5. The Labute approximate surface area is 209 Å². The van der Waals surface area contributed by atoms with Crippen LogP contribution in [-0.2, 0) is 4.79 Å². The first-order valence-electron chi connectivity index (χ1n) is 11.4. The summed E-state index contributed by atoms with van der Waals surface area (Å²) in [4.78, 5) is 37.0. The normalized spacial score (nSPS) is 15.7. The monoisotopic (exact) mass is 512 g/mol. The Bertz CT molecular complexity index is 1410. The molecule has 0 radical (unpaired) electrons. The van der Waals surface area contributed by atoms with Gasteiger partial charge < -0.3 is 10.0 Å². The van der Waals surface area contributed by atoms with Crippen molar-refractivity contribution in [2.45, 2.75) is 31.9 Å². The lowest BCUT2D eigenvalue weighted by molar-refractivity contribution is -0.192. The molecule has 4 aromatic rings. The molecule has 1 saturated heterocycles. The smallest absolute Gasteiger partial charge is 0.475 e. The van der Waals surface area contributed by atoms with Crippen molar-refractivity contribution in [2.75, 3.05) is 13.1 Å². The first-order chi connectivity index (χ1) is 17.6. The fourth-order valence-corrected chi connectivity index (χ4v) is 3.97. The van der Waals surface area contributed by atoms with Crippen LogP contribution in [0.5, 0.6) is 0 Å². The van der Waals surface area contributed by atoms with E-state index in [4.69, 9.17) is 20.0 Å².